The van der Waals surface area contributed by atoms with Crippen LogP contribution < -0.4 is 15.8 Å². The van der Waals surface area contributed by atoms with Crippen LogP contribution in [0.1, 0.15) is 6.92 Å². The SMILES string of the molecule is CC(=O)Nc1cc(Cl)c(O)cc1OC[C@@H](O)CN. The van der Waals surface area contributed by atoms with Gasteiger partial charge in [-0.3, -0.25) is 4.79 Å². The van der Waals surface area contributed by atoms with Crippen LogP contribution in [0.25, 0.3) is 0 Å². The third kappa shape index (κ3) is 4.06. The number of hydrogen-bond donors (Lipinski definition) is 4. The number of benzene rings is 1. The minimum Gasteiger partial charge on any atom is -0.506 e. The van der Waals surface area contributed by atoms with Gasteiger partial charge in [-0.15, -0.1) is 0 Å². The summed E-state index contributed by atoms with van der Waals surface area (Å²) in [5.41, 5.74) is 5.55. The molecule has 0 saturated heterocycles. The number of amides is 1. The maximum absolute atomic E-state index is 11.0. The van der Waals surface area contributed by atoms with Crippen molar-refractivity contribution in [3.05, 3.63) is 17.2 Å². The molecule has 0 bridgehead atoms. The lowest BCUT2D eigenvalue weighted by molar-refractivity contribution is -0.114. The van der Waals surface area contributed by atoms with Crippen LogP contribution in [-0.2, 0) is 4.79 Å². The molecule has 1 amide bonds. The van der Waals surface area contributed by atoms with E-state index in [9.17, 15) is 15.0 Å². The lowest BCUT2D eigenvalue weighted by Gasteiger charge is -2.15. The second-order valence-electron chi connectivity index (χ2n) is 3.68. The Morgan fingerprint density at radius 3 is 2.83 bits per heavy atom. The summed E-state index contributed by atoms with van der Waals surface area (Å²) in [7, 11) is 0. The first-order valence-corrected chi connectivity index (χ1v) is 5.63. The highest BCUT2D eigenvalue weighted by Crippen LogP contribution is 2.35. The van der Waals surface area contributed by atoms with Gasteiger partial charge in [0.2, 0.25) is 5.91 Å². The predicted octanol–water partition coefficient (Wildman–Crippen LogP) is 0.702. The van der Waals surface area contributed by atoms with Gasteiger partial charge in [0, 0.05) is 19.5 Å². The van der Waals surface area contributed by atoms with Gasteiger partial charge in [0.1, 0.15) is 24.2 Å². The van der Waals surface area contributed by atoms with Crippen LogP contribution in [-0.4, -0.2) is 35.4 Å². The van der Waals surface area contributed by atoms with Crippen LogP contribution >= 0.6 is 11.6 Å². The molecule has 0 radical (unpaired) electrons. The molecule has 1 aromatic carbocycles. The average Bonchev–Trinajstić information content (AvgIpc) is 2.30. The van der Waals surface area contributed by atoms with E-state index >= 15 is 0 Å². The molecule has 0 aliphatic heterocycles. The number of anilines is 1. The highest BCUT2D eigenvalue weighted by molar-refractivity contribution is 6.32. The summed E-state index contributed by atoms with van der Waals surface area (Å²) in [6.45, 7) is 1.33. The van der Waals surface area contributed by atoms with Crippen molar-refractivity contribution >= 4 is 23.2 Å². The molecule has 0 heterocycles. The maximum atomic E-state index is 11.0. The van der Waals surface area contributed by atoms with Crippen molar-refractivity contribution < 1.29 is 19.7 Å². The average molecular weight is 275 g/mol. The Morgan fingerprint density at radius 1 is 1.61 bits per heavy atom. The van der Waals surface area contributed by atoms with Gasteiger partial charge < -0.3 is 26.0 Å². The Bertz CT molecular complexity index is 439. The van der Waals surface area contributed by atoms with Crippen molar-refractivity contribution in [2.24, 2.45) is 5.73 Å². The summed E-state index contributed by atoms with van der Waals surface area (Å²) in [4.78, 5) is 11.0. The van der Waals surface area contributed by atoms with Crippen molar-refractivity contribution in [1.29, 1.82) is 0 Å². The summed E-state index contributed by atoms with van der Waals surface area (Å²) in [6, 6.07) is 2.62. The first kappa shape index (κ1) is 14.6. The number of phenols is 1. The molecular weight excluding hydrogens is 260 g/mol. The third-order valence-corrected chi connectivity index (χ3v) is 2.37. The summed E-state index contributed by atoms with van der Waals surface area (Å²) in [5.74, 6) is -0.274. The highest BCUT2D eigenvalue weighted by Gasteiger charge is 2.12. The first-order chi connectivity index (χ1) is 8.43. The molecule has 1 rings (SSSR count). The molecule has 5 N–H and O–H groups in total. The molecule has 7 heteroatoms. The molecule has 0 saturated carbocycles. The van der Waals surface area contributed by atoms with Gasteiger partial charge in [0.25, 0.3) is 0 Å². The lowest BCUT2D eigenvalue weighted by atomic mass is 10.2. The van der Waals surface area contributed by atoms with Gasteiger partial charge in [-0.1, -0.05) is 11.6 Å². The molecule has 1 atom stereocenters. The molecule has 1 aromatic rings. The Hall–Kier alpha value is -1.50. The molecule has 100 valence electrons. The predicted molar refractivity (Wildman–Crippen MR) is 68.0 cm³/mol. The summed E-state index contributed by atoms with van der Waals surface area (Å²) in [5, 5.41) is 21.4. The number of carbonyl (C=O) groups excluding carboxylic acids is 1. The fraction of sp³-hybridized carbons (Fsp3) is 0.364. The Kier molecular flexibility index (Phi) is 5.21. The number of rotatable bonds is 5. The number of halogens is 1. The first-order valence-electron chi connectivity index (χ1n) is 5.25. The van der Waals surface area contributed by atoms with Crippen LogP contribution in [0.3, 0.4) is 0 Å². The van der Waals surface area contributed by atoms with Crippen LogP contribution in [0.15, 0.2) is 12.1 Å². The quantitative estimate of drug-likeness (QED) is 0.592. The summed E-state index contributed by atoms with van der Waals surface area (Å²) in [6.07, 6.45) is -0.826. The second-order valence-corrected chi connectivity index (χ2v) is 4.09. The number of aliphatic hydroxyl groups is 1. The fourth-order valence-corrected chi connectivity index (χ4v) is 1.37. The molecule has 0 spiro atoms. The molecule has 0 aliphatic carbocycles. The fourth-order valence-electron chi connectivity index (χ4n) is 1.20. The minimum atomic E-state index is -0.826. The number of carbonyl (C=O) groups is 1. The number of nitrogens with two attached hydrogens (primary N) is 1. The Labute approximate surface area is 109 Å². The molecule has 18 heavy (non-hydrogen) atoms. The van der Waals surface area contributed by atoms with Gasteiger partial charge >= 0.3 is 0 Å². The zero-order chi connectivity index (χ0) is 13.7. The highest BCUT2D eigenvalue weighted by atomic mass is 35.5. The van der Waals surface area contributed by atoms with E-state index < -0.39 is 6.10 Å². The van der Waals surface area contributed by atoms with E-state index in [1.807, 2.05) is 0 Å². The molecule has 0 fully saturated rings. The van der Waals surface area contributed by atoms with E-state index in [0.29, 0.717) is 5.69 Å². The van der Waals surface area contributed by atoms with Gasteiger partial charge in [0.15, 0.2) is 0 Å². The van der Waals surface area contributed by atoms with Crippen LogP contribution in [0.4, 0.5) is 5.69 Å². The molecule has 0 aliphatic rings. The van der Waals surface area contributed by atoms with E-state index in [2.05, 4.69) is 5.32 Å². The lowest BCUT2D eigenvalue weighted by Crippen LogP contribution is -2.26. The summed E-state index contributed by atoms with van der Waals surface area (Å²) < 4.78 is 5.26. The molecule has 6 nitrogen and oxygen atoms in total. The van der Waals surface area contributed by atoms with Crippen LogP contribution in [0, 0.1) is 0 Å². The third-order valence-electron chi connectivity index (χ3n) is 2.06. The van der Waals surface area contributed by atoms with E-state index in [1.54, 1.807) is 0 Å². The van der Waals surface area contributed by atoms with E-state index in [4.69, 9.17) is 22.1 Å². The molecule has 0 unspecified atom stereocenters. The van der Waals surface area contributed by atoms with Crippen molar-refractivity contribution in [2.45, 2.75) is 13.0 Å². The summed E-state index contributed by atoms with van der Waals surface area (Å²) >= 11 is 5.73. The largest absolute Gasteiger partial charge is 0.506 e. The van der Waals surface area contributed by atoms with Crippen molar-refractivity contribution in [1.82, 2.24) is 0 Å². The number of nitrogens with one attached hydrogen (secondary N) is 1. The maximum Gasteiger partial charge on any atom is 0.221 e. The van der Waals surface area contributed by atoms with Gasteiger partial charge in [-0.25, -0.2) is 0 Å². The van der Waals surface area contributed by atoms with E-state index in [0.717, 1.165) is 0 Å². The van der Waals surface area contributed by atoms with Gasteiger partial charge in [0.05, 0.1) is 10.7 Å². The van der Waals surface area contributed by atoms with E-state index in [1.165, 1.54) is 19.1 Å². The Balaban J connectivity index is 2.92. The smallest absolute Gasteiger partial charge is 0.221 e. The second kappa shape index (κ2) is 6.44. The standard InChI is InChI=1S/C11H15ClN2O4/c1-6(15)14-9-2-8(12)10(17)3-11(9)18-5-7(16)4-13/h2-3,7,16-17H,4-5,13H2,1H3,(H,14,15)/t7-/m0/s1. The zero-order valence-corrected chi connectivity index (χ0v) is 10.6. The topological polar surface area (TPSA) is 105 Å². The number of hydrogen-bond acceptors (Lipinski definition) is 5. The van der Waals surface area contributed by atoms with Crippen molar-refractivity contribution in [2.75, 3.05) is 18.5 Å². The number of aliphatic hydroxyl groups excluding tert-OH is 1. The number of phenolic OH excluding ortho intramolecular Hbond substituents is 1. The van der Waals surface area contributed by atoms with Crippen molar-refractivity contribution in [3.8, 4) is 11.5 Å². The van der Waals surface area contributed by atoms with Crippen LogP contribution in [0.5, 0.6) is 11.5 Å². The van der Waals surface area contributed by atoms with Gasteiger partial charge in [-0.05, 0) is 6.07 Å². The van der Waals surface area contributed by atoms with E-state index in [-0.39, 0.29) is 35.6 Å². The molecule has 0 aromatic heterocycles. The van der Waals surface area contributed by atoms with Gasteiger partial charge in [-0.2, -0.15) is 0 Å². The molecular formula is C11H15ClN2O4. The Morgan fingerprint density at radius 2 is 2.28 bits per heavy atom. The minimum absolute atomic E-state index is 0.0506. The number of aromatic hydroxyl groups is 1. The van der Waals surface area contributed by atoms with Crippen LogP contribution in [0.2, 0.25) is 5.02 Å². The zero-order valence-electron chi connectivity index (χ0n) is 9.81. The van der Waals surface area contributed by atoms with Crippen molar-refractivity contribution in [3.63, 3.8) is 0 Å². The number of ether oxygens (including phenoxy) is 1. The normalized spacial score (nSPS) is 12.0. The monoisotopic (exact) mass is 274 g/mol.